The van der Waals surface area contributed by atoms with E-state index in [2.05, 4.69) is 5.32 Å². The molecule has 0 aliphatic carbocycles. The van der Waals surface area contributed by atoms with Crippen molar-refractivity contribution in [2.45, 2.75) is 6.10 Å². The van der Waals surface area contributed by atoms with E-state index >= 15 is 0 Å². The molecule has 1 saturated heterocycles. The van der Waals surface area contributed by atoms with E-state index in [-0.39, 0.29) is 24.3 Å². The smallest absolute Gasteiger partial charge is 0.414 e. The van der Waals surface area contributed by atoms with Gasteiger partial charge in [0.15, 0.2) is 5.76 Å². The van der Waals surface area contributed by atoms with Crippen LogP contribution in [0.3, 0.4) is 0 Å². The number of benzene rings is 1. The molecule has 1 fully saturated rings. The zero-order chi connectivity index (χ0) is 14.7. The number of rotatable bonds is 4. The average Bonchev–Trinajstić information content (AvgIpc) is 3.15. The van der Waals surface area contributed by atoms with Gasteiger partial charge < -0.3 is 14.5 Å². The van der Waals surface area contributed by atoms with Crippen molar-refractivity contribution in [2.75, 3.05) is 18.0 Å². The summed E-state index contributed by atoms with van der Waals surface area (Å²) in [6, 6.07) is 12.5. The minimum absolute atomic E-state index is 0.235. The van der Waals surface area contributed by atoms with E-state index in [1.165, 1.54) is 6.26 Å². The van der Waals surface area contributed by atoms with E-state index in [1.54, 1.807) is 17.0 Å². The lowest BCUT2D eigenvalue weighted by Gasteiger charge is -2.12. The number of ether oxygens (including phenoxy) is 1. The summed E-state index contributed by atoms with van der Waals surface area (Å²) in [6.07, 6.45) is 0.650. The Labute approximate surface area is 121 Å². The van der Waals surface area contributed by atoms with Crippen LogP contribution in [0.15, 0.2) is 53.1 Å². The summed E-state index contributed by atoms with van der Waals surface area (Å²) in [5.74, 6) is -0.0894. The van der Waals surface area contributed by atoms with E-state index in [1.807, 2.05) is 30.3 Å². The summed E-state index contributed by atoms with van der Waals surface area (Å²) in [5.41, 5.74) is 0.780. The fraction of sp³-hybridized carbons (Fsp3) is 0.200. The SMILES string of the molecule is O=C(NC[C@@H]1CN(c2ccccc2)C(=O)O1)c1ccco1. The van der Waals surface area contributed by atoms with Crippen molar-refractivity contribution in [3.8, 4) is 0 Å². The van der Waals surface area contributed by atoms with Crippen LogP contribution < -0.4 is 10.2 Å². The van der Waals surface area contributed by atoms with Crippen LogP contribution in [0.25, 0.3) is 0 Å². The molecule has 2 amide bonds. The third-order valence-corrected chi connectivity index (χ3v) is 3.18. The summed E-state index contributed by atoms with van der Waals surface area (Å²) < 4.78 is 10.2. The third-order valence-electron chi connectivity index (χ3n) is 3.18. The molecule has 21 heavy (non-hydrogen) atoms. The molecule has 6 nitrogen and oxygen atoms in total. The molecule has 3 rings (SSSR count). The van der Waals surface area contributed by atoms with Crippen LogP contribution in [0.4, 0.5) is 10.5 Å². The Balaban J connectivity index is 1.57. The molecule has 1 aromatic carbocycles. The van der Waals surface area contributed by atoms with Gasteiger partial charge in [0.05, 0.1) is 19.4 Å². The van der Waals surface area contributed by atoms with Crippen LogP contribution in [-0.2, 0) is 4.74 Å². The van der Waals surface area contributed by atoms with E-state index in [4.69, 9.17) is 9.15 Å². The number of anilines is 1. The molecule has 0 unspecified atom stereocenters. The summed E-state index contributed by atoms with van der Waals surface area (Å²) in [6.45, 7) is 0.649. The summed E-state index contributed by atoms with van der Waals surface area (Å²) in [4.78, 5) is 25.1. The van der Waals surface area contributed by atoms with Crippen molar-refractivity contribution in [3.63, 3.8) is 0 Å². The molecule has 1 aliphatic heterocycles. The summed E-state index contributed by atoms with van der Waals surface area (Å²) >= 11 is 0. The summed E-state index contributed by atoms with van der Waals surface area (Å²) in [7, 11) is 0. The van der Waals surface area contributed by atoms with Gasteiger partial charge in [-0.3, -0.25) is 9.69 Å². The first kappa shape index (κ1) is 13.2. The number of cyclic esters (lactones) is 1. The monoisotopic (exact) mass is 286 g/mol. The lowest BCUT2D eigenvalue weighted by atomic mass is 10.2. The van der Waals surface area contributed by atoms with Crippen molar-refractivity contribution < 1.29 is 18.7 Å². The van der Waals surface area contributed by atoms with Crippen molar-refractivity contribution in [1.82, 2.24) is 5.32 Å². The van der Waals surface area contributed by atoms with E-state index in [0.29, 0.717) is 6.54 Å². The van der Waals surface area contributed by atoms with Crippen molar-refractivity contribution in [3.05, 3.63) is 54.5 Å². The van der Waals surface area contributed by atoms with Crippen molar-refractivity contribution in [1.29, 1.82) is 0 Å². The van der Waals surface area contributed by atoms with Gasteiger partial charge in [0.1, 0.15) is 6.10 Å². The van der Waals surface area contributed by atoms with E-state index < -0.39 is 6.09 Å². The number of amides is 2. The van der Waals surface area contributed by atoms with Gasteiger partial charge in [-0.15, -0.1) is 0 Å². The lowest BCUT2D eigenvalue weighted by molar-refractivity contribution is 0.0889. The highest BCUT2D eigenvalue weighted by Crippen LogP contribution is 2.20. The maximum atomic E-state index is 11.8. The molecule has 108 valence electrons. The molecule has 6 heteroatoms. The third kappa shape index (κ3) is 2.89. The molecule has 0 bridgehead atoms. The standard InChI is InChI=1S/C15H14N2O4/c18-14(13-7-4-8-20-13)16-9-12-10-17(15(19)21-12)11-5-2-1-3-6-11/h1-8,12H,9-10H2,(H,16,18)/t12-/m1/s1. The number of hydrogen-bond acceptors (Lipinski definition) is 4. The highest BCUT2D eigenvalue weighted by atomic mass is 16.6. The fourth-order valence-electron chi connectivity index (χ4n) is 2.15. The molecular weight excluding hydrogens is 272 g/mol. The number of nitrogens with one attached hydrogen (secondary N) is 1. The molecule has 1 aromatic heterocycles. The second kappa shape index (κ2) is 5.70. The molecule has 0 radical (unpaired) electrons. The summed E-state index contributed by atoms with van der Waals surface area (Å²) in [5, 5.41) is 2.68. The van der Waals surface area contributed by atoms with Crippen molar-refractivity contribution >= 4 is 17.7 Å². The maximum absolute atomic E-state index is 11.8. The fourth-order valence-corrected chi connectivity index (χ4v) is 2.15. The minimum atomic E-state index is -0.404. The number of furan rings is 1. The number of para-hydroxylation sites is 1. The Morgan fingerprint density at radius 3 is 2.76 bits per heavy atom. The molecule has 1 aliphatic rings. The lowest BCUT2D eigenvalue weighted by Crippen LogP contribution is -2.34. The topological polar surface area (TPSA) is 71.8 Å². The zero-order valence-corrected chi connectivity index (χ0v) is 11.2. The Hall–Kier alpha value is -2.76. The minimum Gasteiger partial charge on any atom is -0.459 e. The quantitative estimate of drug-likeness (QED) is 0.933. The van der Waals surface area contributed by atoms with Gasteiger partial charge >= 0.3 is 6.09 Å². The molecule has 1 atom stereocenters. The second-order valence-electron chi connectivity index (χ2n) is 4.64. The normalized spacial score (nSPS) is 17.6. The largest absolute Gasteiger partial charge is 0.459 e. The number of nitrogens with zero attached hydrogens (tertiary/aromatic N) is 1. The Morgan fingerprint density at radius 2 is 2.05 bits per heavy atom. The Morgan fingerprint density at radius 1 is 1.24 bits per heavy atom. The number of carbonyl (C=O) groups is 2. The van der Waals surface area contributed by atoms with Crippen LogP contribution in [0, 0.1) is 0 Å². The van der Waals surface area contributed by atoms with Crippen molar-refractivity contribution in [2.24, 2.45) is 0 Å². The predicted octanol–water partition coefficient (Wildman–Crippen LogP) is 2.03. The number of carbonyl (C=O) groups excluding carboxylic acids is 2. The van der Waals surface area contributed by atoms with Crippen LogP contribution >= 0.6 is 0 Å². The van der Waals surface area contributed by atoms with Gasteiger partial charge in [0.2, 0.25) is 0 Å². The molecule has 2 aromatic rings. The second-order valence-corrected chi connectivity index (χ2v) is 4.64. The molecule has 1 N–H and O–H groups in total. The highest BCUT2D eigenvalue weighted by molar-refractivity contribution is 5.92. The van der Waals surface area contributed by atoms with Crippen LogP contribution in [-0.4, -0.2) is 31.2 Å². The Kier molecular flexibility index (Phi) is 3.59. The van der Waals surface area contributed by atoms with Gasteiger partial charge in [-0.2, -0.15) is 0 Å². The average molecular weight is 286 g/mol. The van der Waals surface area contributed by atoms with E-state index in [9.17, 15) is 9.59 Å². The first-order valence-electron chi connectivity index (χ1n) is 6.59. The maximum Gasteiger partial charge on any atom is 0.414 e. The van der Waals surface area contributed by atoms with Crippen LogP contribution in [0.5, 0.6) is 0 Å². The molecule has 2 heterocycles. The van der Waals surface area contributed by atoms with E-state index in [0.717, 1.165) is 5.69 Å². The molecule has 0 saturated carbocycles. The number of hydrogen-bond donors (Lipinski definition) is 1. The van der Waals surface area contributed by atoms with Gasteiger partial charge in [0.25, 0.3) is 5.91 Å². The van der Waals surface area contributed by atoms with Gasteiger partial charge in [-0.1, -0.05) is 18.2 Å². The highest BCUT2D eigenvalue weighted by Gasteiger charge is 2.32. The van der Waals surface area contributed by atoms with Gasteiger partial charge in [-0.25, -0.2) is 4.79 Å². The van der Waals surface area contributed by atoms with Crippen LogP contribution in [0.1, 0.15) is 10.6 Å². The van der Waals surface area contributed by atoms with Gasteiger partial charge in [-0.05, 0) is 24.3 Å². The first-order valence-corrected chi connectivity index (χ1v) is 6.59. The molecular formula is C15H14N2O4. The van der Waals surface area contributed by atoms with Gasteiger partial charge in [0, 0.05) is 5.69 Å². The Bertz CT molecular complexity index is 624. The predicted molar refractivity (Wildman–Crippen MR) is 75.1 cm³/mol. The zero-order valence-electron chi connectivity index (χ0n) is 11.2. The van der Waals surface area contributed by atoms with Crippen LogP contribution in [0.2, 0.25) is 0 Å². The molecule has 0 spiro atoms. The first-order chi connectivity index (χ1) is 10.2.